The maximum Gasteiger partial charge on any atom is 0.259 e. The van der Waals surface area contributed by atoms with Crippen LogP contribution in [0.25, 0.3) is 21.9 Å². The molecule has 0 saturated heterocycles. The van der Waals surface area contributed by atoms with Gasteiger partial charge in [0.05, 0.1) is 30.9 Å². The molecule has 9 heteroatoms. The SMILES string of the molecule is COc1cncc(-c2cccc3cc([C@H](C)Nc4nc(N)ncc4C#N)n(C4CC4)c(=O)c23)c1. The molecule has 1 atom stereocenters. The molecule has 0 aliphatic heterocycles. The molecular weight excluding hydrogens is 430 g/mol. The van der Waals surface area contributed by atoms with Gasteiger partial charge in [-0.15, -0.1) is 0 Å². The number of nitrogen functional groups attached to an aromatic ring is 1. The summed E-state index contributed by atoms with van der Waals surface area (Å²) in [6.07, 6.45) is 6.65. The predicted molar refractivity (Wildman–Crippen MR) is 129 cm³/mol. The molecule has 3 N–H and O–H groups in total. The van der Waals surface area contributed by atoms with Crippen LogP contribution in [0.5, 0.6) is 5.75 Å². The van der Waals surface area contributed by atoms with Gasteiger partial charge >= 0.3 is 0 Å². The number of nitrogens with one attached hydrogen (secondary N) is 1. The second kappa shape index (κ2) is 8.48. The lowest BCUT2D eigenvalue weighted by Crippen LogP contribution is -2.26. The number of fused-ring (bicyclic) bond motifs is 1. The molecule has 1 aromatic carbocycles. The Balaban J connectivity index is 1.66. The summed E-state index contributed by atoms with van der Waals surface area (Å²) in [5.74, 6) is 1.04. The zero-order valence-corrected chi connectivity index (χ0v) is 18.8. The highest BCUT2D eigenvalue weighted by Gasteiger charge is 2.30. The Labute approximate surface area is 195 Å². The fourth-order valence-electron chi connectivity index (χ4n) is 4.22. The molecule has 1 fully saturated rings. The van der Waals surface area contributed by atoms with Crippen LogP contribution in [0, 0.1) is 11.3 Å². The van der Waals surface area contributed by atoms with Crippen LogP contribution in [0.2, 0.25) is 0 Å². The summed E-state index contributed by atoms with van der Waals surface area (Å²) >= 11 is 0. The number of methoxy groups -OCH3 is 1. The summed E-state index contributed by atoms with van der Waals surface area (Å²) in [7, 11) is 1.59. The van der Waals surface area contributed by atoms with E-state index in [1.165, 1.54) is 6.20 Å². The number of anilines is 2. The van der Waals surface area contributed by atoms with Crippen LogP contribution >= 0.6 is 0 Å². The molecular formula is C25H23N7O2. The normalized spacial score (nSPS) is 13.9. The van der Waals surface area contributed by atoms with E-state index < -0.39 is 0 Å². The molecule has 1 aliphatic rings. The first-order valence-corrected chi connectivity index (χ1v) is 11.0. The van der Waals surface area contributed by atoms with Gasteiger partial charge in [0.25, 0.3) is 5.56 Å². The number of nitriles is 1. The summed E-state index contributed by atoms with van der Waals surface area (Å²) in [4.78, 5) is 26.2. The van der Waals surface area contributed by atoms with E-state index in [4.69, 9.17) is 10.5 Å². The summed E-state index contributed by atoms with van der Waals surface area (Å²) in [5.41, 5.74) is 8.42. The van der Waals surface area contributed by atoms with Crippen molar-refractivity contribution in [2.45, 2.75) is 31.8 Å². The molecule has 0 unspecified atom stereocenters. The van der Waals surface area contributed by atoms with E-state index in [-0.39, 0.29) is 29.2 Å². The number of aromatic nitrogens is 4. The highest BCUT2D eigenvalue weighted by atomic mass is 16.5. The molecule has 5 rings (SSSR count). The first-order chi connectivity index (χ1) is 16.5. The van der Waals surface area contributed by atoms with Crippen LogP contribution in [0.1, 0.15) is 43.1 Å². The van der Waals surface area contributed by atoms with Crippen molar-refractivity contribution in [1.82, 2.24) is 19.5 Å². The number of nitrogens with two attached hydrogens (primary N) is 1. The third-order valence-electron chi connectivity index (χ3n) is 6.01. The lowest BCUT2D eigenvalue weighted by atomic mass is 9.99. The Bertz CT molecular complexity index is 1500. The van der Waals surface area contributed by atoms with Gasteiger partial charge in [0, 0.05) is 23.5 Å². The monoisotopic (exact) mass is 453 g/mol. The number of ether oxygens (including phenoxy) is 1. The standard InChI is InChI=1S/C25H23N7O2/c1-14(30-23-17(10-26)12-29-25(27)31-23)21-9-15-4-3-5-20(16-8-19(34-2)13-28-11-16)22(15)24(33)32(21)18-6-7-18/h3-5,8-9,11-14,18H,6-7H2,1-2H3,(H3,27,29,30,31)/t14-/m0/s1. The van der Waals surface area contributed by atoms with E-state index in [0.29, 0.717) is 17.0 Å². The van der Waals surface area contributed by atoms with Gasteiger partial charge in [-0.3, -0.25) is 9.78 Å². The third-order valence-corrected chi connectivity index (χ3v) is 6.01. The van der Waals surface area contributed by atoms with E-state index in [2.05, 4.69) is 26.3 Å². The van der Waals surface area contributed by atoms with Crippen LogP contribution in [-0.4, -0.2) is 26.6 Å². The smallest absolute Gasteiger partial charge is 0.259 e. The molecule has 34 heavy (non-hydrogen) atoms. The Morgan fingerprint density at radius 3 is 2.82 bits per heavy atom. The maximum absolute atomic E-state index is 13.9. The highest BCUT2D eigenvalue weighted by Crippen LogP contribution is 2.38. The van der Waals surface area contributed by atoms with Crippen molar-refractivity contribution in [2.24, 2.45) is 0 Å². The predicted octanol–water partition coefficient (Wildman–Crippen LogP) is 3.82. The minimum atomic E-state index is -0.304. The van der Waals surface area contributed by atoms with Gasteiger partial charge in [0.2, 0.25) is 5.95 Å². The quantitative estimate of drug-likeness (QED) is 0.450. The van der Waals surface area contributed by atoms with Crippen LogP contribution < -0.4 is 21.3 Å². The van der Waals surface area contributed by atoms with Gasteiger partial charge in [-0.1, -0.05) is 18.2 Å². The van der Waals surface area contributed by atoms with E-state index >= 15 is 0 Å². The van der Waals surface area contributed by atoms with Crippen molar-refractivity contribution in [1.29, 1.82) is 5.26 Å². The minimum absolute atomic E-state index is 0.0511. The van der Waals surface area contributed by atoms with E-state index in [9.17, 15) is 10.1 Å². The molecule has 0 radical (unpaired) electrons. The summed E-state index contributed by atoms with van der Waals surface area (Å²) in [6, 6.07) is 11.6. The van der Waals surface area contributed by atoms with Crippen LogP contribution in [-0.2, 0) is 0 Å². The zero-order chi connectivity index (χ0) is 23.8. The zero-order valence-electron chi connectivity index (χ0n) is 18.8. The van der Waals surface area contributed by atoms with E-state index in [1.807, 2.05) is 41.8 Å². The Morgan fingerprint density at radius 1 is 1.26 bits per heavy atom. The first kappa shape index (κ1) is 21.4. The maximum atomic E-state index is 13.9. The minimum Gasteiger partial charge on any atom is -0.495 e. The fraction of sp³-hybridized carbons (Fsp3) is 0.240. The number of hydrogen-bond donors (Lipinski definition) is 2. The van der Waals surface area contributed by atoms with Crippen molar-refractivity contribution >= 4 is 22.5 Å². The highest BCUT2D eigenvalue weighted by molar-refractivity contribution is 5.96. The molecule has 3 heterocycles. The van der Waals surface area contributed by atoms with Gasteiger partial charge in [-0.2, -0.15) is 10.2 Å². The number of rotatable bonds is 6. The van der Waals surface area contributed by atoms with Crippen molar-refractivity contribution in [3.63, 3.8) is 0 Å². The second-order valence-corrected chi connectivity index (χ2v) is 8.33. The van der Waals surface area contributed by atoms with Gasteiger partial charge in [-0.05, 0) is 42.8 Å². The van der Waals surface area contributed by atoms with E-state index in [0.717, 1.165) is 35.0 Å². The van der Waals surface area contributed by atoms with Gasteiger partial charge in [0.15, 0.2) is 0 Å². The molecule has 0 bridgehead atoms. The average molecular weight is 454 g/mol. The lowest BCUT2D eigenvalue weighted by molar-refractivity contribution is 0.413. The summed E-state index contributed by atoms with van der Waals surface area (Å²) in [6.45, 7) is 1.94. The number of pyridine rings is 2. The lowest BCUT2D eigenvalue weighted by Gasteiger charge is -2.22. The topological polar surface area (TPSA) is 132 Å². The summed E-state index contributed by atoms with van der Waals surface area (Å²) in [5, 5.41) is 14.2. The van der Waals surface area contributed by atoms with Crippen LogP contribution in [0.3, 0.4) is 0 Å². The van der Waals surface area contributed by atoms with Gasteiger partial charge < -0.3 is 20.4 Å². The molecule has 4 aromatic rings. The molecule has 1 saturated carbocycles. The molecule has 0 amide bonds. The number of hydrogen-bond acceptors (Lipinski definition) is 8. The van der Waals surface area contributed by atoms with Gasteiger partial charge in [-0.25, -0.2) is 4.98 Å². The van der Waals surface area contributed by atoms with Crippen molar-refractivity contribution in [3.05, 3.63) is 70.5 Å². The largest absolute Gasteiger partial charge is 0.495 e. The Hall–Kier alpha value is -4.45. The second-order valence-electron chi connectivity index (χ2n) is 8.33. The Kier molecular flexibility index (Phi) is 5.34. The number of benzene rings is 1. The van der Waals surface area contributed by atoms with Crippen LogP contribution in [0.15, 0.2) is 53.7 Å². The van der Waals surface area contributed by atoms with Crippen molar-refractivity contribution in [3.8, 4) is 22.9 Å². The molecule has 9 nitrogen and oxygen atoms in total. The third kappa shape index (κ3) is 3.79. The van der Waals surface area contributed by atoms with Crippen molar-refractivity contribution in [2.75, 3.05) is 18.2 Å². The molecule has 3 aromatic heterocycles. The van der Waals surface area contributed by atoms with Crippen molar-refractivity contribution < 1.29 is 4.74 Å². The van der Waals surface area contributed by atoms with E-state index in [1.54, 1.807) is 19.5 Å². The molecule has 170 valence electrons. The first-order valence-electron chi connectivity index (χ1n) is 11.0. The fourth-order valence-corrected chi connectivity index (χ4v) is 4.22. The van der Waals surface area contributed by atoms with Crippen LogP contribution in [0.4, 0.5) is 11.8 Å². The molecule has 1 aliphatic carbocycles. The van der Waals surface area contributed by atoms with Gasteiger partial charge in [0.1, 0.15) is 23.2 Å². The summed E-state index contributed by atoms with van der Waals surface area (Å²) < 4.78 is 7.20. The average Bonchev–Trinajstić information content (AvgIpc) is 3.69. The Morgan fingerprint density at radius 2 is 2.09 bits per heavy atom. The molecule has 0 spiro atoms. The number of nitrogens with zero attached hydrogens (tertiary/aromatic N) is 5.